The Labute approximate surface area is 214 Å². The Kier molecular flexibility index (Phi) is 10.5. The molecule has 0 saturated carbocycles. The zero-order chi connectivity index (χ0) is 26.3. The Hall–Kier alpha value is -1.81. The zero-order valence-electron chi connectivity index (χ0n) is 22.0. The lowest BCUT2D eigenvalue weighted by Crippen LogP contribution is -2.63. The molecule has 2 aliphatic rings. The van der Waals surface area contributed by atoms with Crippen LogP contribution in [0.1, 0.15) is 57.6 Å². The van der Waals surface area contributed by atoms with Gasteiger partial charge in [-0.1, -0.05) is 62.8 Å². The van der Waals surface area contributed by atoms with Crippen molar-refractivity contribution in [3.05, 3.63) is 48.0 Å². The summed E-state index contributed by atoms with van der Waals surface area (Å²) in [7, 11) is 4.71. The van der Waals surface area contributed by atoms with Crippen LogP contribution in [-0.2, 0) is 28.5 Å². The second kappa shape index (κ2) is 13.1. The van der Waals surface area contributed by atoms with E-state index in [2.05, 4.69) is 0 Å². The number of carbonyl (C=O) groups is 1. The number of esters is 1. The highest BCUT2D eigenvalue weighted by Gasteiger charge is 2.54. The molecule has 0 spiro atoms. The molecule has 0 aromatic heterocycles. The van der Waals surface area contributed by atoms with Gasteiger partial charge in [-0.15, -0.1) is 0 Å². The van der Waals surface area contributed by atoms with Crippen LogP contribution in [0.15, 0.2) is 42.5 Å². The van der Waals surface area contributed by atoms with Crippen molar-refractivity contribution in [2.24, 2.45) is 11.8 Å². The molecule has 1 aromatic carbocycles. The third kappa shape index (κ3) is 6.73. The maximum Gasteiger partial charge on any atom is 0.311 e. The van der Waals surface area contributed by atoms with Gasteiger partial charge in [0.2, 0.25) is 5.79 Å². The molecule has 1 aromatic rings. The van der Waals surface area contributed by atoms with Crippen LogP contribution in [-0.4, -0.2) is 73.8 Å². The molecule has 8 heteroatoms. The summed E-state index contributed by atoms with van der Waals surface area (Å²) in [6.07, 6.45) is 2.92. The van der Waals surface area contributed by atoms with E-state index in [0.717, 1.165) is 24.8 Å². The summed E-state index contributed by atoms with van der Waals surface area (Å²) in [6.45, 7) is 3.79. The van der Waals surface area contributed by atoms with Crippen LogP contribution in [0.25, 0.3) is 0 Å². The minimum atomic E-state index is -2.04. The van der Waals surface area contributed by atoms with Crippen molar-refractivity contribution in [2.45, 2.75) is 88.4 Å². The Balaban J connectivity index is 1.95. The van der Waals surface area contributed by atoms with Gasteiger partial charge < -0.3 is 33.9 Å². The monoisotopic (exact) mass is 506 g/mol. The van der Waals surface area contributed by atoms with Crippen molar-refractivity contribution >= 4 is 5.97 Å². The summed E-state index contributed by atoms with van der Waals surface area (Å²) in [5.74, 6) is -3.21. The van der Waals surface area contributed by atoms with E-state index in [1.54, 1.807) is 14.2 Å². The fourth-order valence-corrected chi connectivity index (χ4v) is 5.41. The van der Waals surface area contributed by atoms with Crippen LogP contribution in [0, 0.1) is 11.8 Å². The van der Waals surface area contributed by atoms with Gasteiger partial charge in [-0.3, -0.25) is 4.79 Å². The fraction of sp³-hybridized carbons (Fsp3) is 0.679. The predicted molar refractivity (Wildman–Crippen MR) is 134 cm³/mol. The summed E-state index contributed by atoms with van der Waals surface area (Å²) in [5, 5.41) is 22.5. The number of ether oxygens (including phenoxy) is 5. The third-order valence-corrected chi connectivity index (χ3v) is 7.52. The van der Waals surface area contributed by atoms with Gasteiger partial charge in [0.1, 0.15) is 24.7 Å². The second-order valence-electron chi connectivity index (χ2n) is 10.0. The van der Waals surface area contributed by atoms with E-state index < -0.39 is 42.6 Å². The van der Waals surface area contributed by atoms with E-state index in [1.807, 2.05) is 56.3 Å². The van der Waals surface area contributed by atoms with Gasteiger partial charge in [0.05, 0.1) is 18.3 Å². The van der Waals surface area contributed by atoms with Crippen LogP contribution in [0.4, 0.5) is 0 Å². The molecule has 9 atom stereocenters. The largest absolute Gasteiger partial charge is 0.457 e. The first-order chi connectivity index (χ1) is 17.2. The number of hydrogen-bond acceptors (Lipinski definition) is 8. The second-order valence-corrected chi connectivity index (χ2v) is 10.0. The molecule has 36 heavy (non-hydrogen) atoms. The van der Waals surface area contributed by atoms with Crippen molar-refractivity contribution in [3.8, 4) is 0 Å². The summed E-state index contributed by atoms with van der Waals surface area (Å²) in [5.41, 5.74) is 0.882. The Morgan fingerprint density at radius 1 is 0.972 bits per heavy atom. The van der Waals surface area contributed by atoms with Crippen molar-refractivity contribution in [1.29, 1.82) is 0 Å². The number of hydrogen-bond donors (Lipinski definition) is 2. The van der Waals surface area contributed by atoms with E-state index in [0.29, 0.717) is 6.42 Å². The number of benzene rings is 1. The average Bonchev–Trinajstić information content (AvgIpc) is 2.86. The molecule has 2 heterocycles. The van der Waals surface area contributed by atoms with Gasteiger partial charge >= 0.3 is 5.97 Å². The maximum atomic E-state index is 13.1. The molecule has 8 nitrogen and oxygen atoms in total. The van der Waals surface area contributed by atoms with Crippen LogP contribution >= 0.6 is 0 Å². The Bertz CT molecular complexity index is 845. The Morgan fingerprint density at radius 2 is 1.67 bits per heavy atom. The number of fused-ring (bicyclic) bond motifs is 2. The van der Waals surface area contributed by atoms with Crippen molar-refractivity contribution in [2.75, 3.05) is 21.3 Å². The SMILES string of the molecule is CO[C@H]1CCCC[C@@H](c2ccccc2)OC(=O)C[C@@]2(O)O[C@H]([C@@H](C)[C@H](O)[C@H]2OC)[C@@H](C)/C=C/[C@H]1OC. The highest BCUT2D eigenvalue weighted by Crippen LogP contribution is 2.39. The summed E-state index contributed by atoms with van der Waals surface area (Å²) in [4.78, 5) is 13.1. The molecule has 2 bridgehead atoms. The molecule has 0 unspecified atom stereocenters. The van der Waals surface area contributed by atoms with Crippen LogP contribution in [0.5, 0.6) is 0 Å². The van der Waals surface area contributed by atoms with Crippen molar-refractivity contribution in [1.82, 2.24) is 0 Å². The van der Waals surface area contributed by atoms with Crippen molar-refractivity contribution in [3.63, 3.8) is 0 Å². The van der Waals surface area contributed by atoms with E-state index in [1.165, 1.54) is 7.11 Å². The van der Waals surface area contributed by atoms with E-state index in [-0.39, 0.29) is 24.0 Å². The molecular formula is C28H42O8. The highest BCUT2D eigenvalue weighted by molar-refractivity contribution is 5.71. The van der Waals surface area contributed by atoms with Crippen LogP contribution in [0.2, 0.25) is 0 Å². The number of methoxy groups -OCH3 is 3. The number of cyclic esters (lactones) is 1. The van der Waals surface area contributed by atoms with Gasteiger partial charge in [0.25, 0.3) is 0 Å². The van der Waals surface area contributed by atoms with Gasteiger partial charge in [-0.2, -0.15) is 0 Å². The number of aliphatic hydroxyl groups excluding tert-OH is 1. The maximum absolute atomic E-state index is 13.1. The first kappa shape index (κ1) is 28.8. The average molecular weight is 507 g/mol. The molecule has 1 saturated heterocycles. The standard InChI is InChI=1S/C28H42O8/c1-18-15-16-23(33-4)22(32-3)14-10-9-13-21(20-11-7-6-8-12-20)35-24(29)17-28(31)27(34-5)25(30)19(2)26(18)36-28/h6-8,11-12,15-16,18-19,21-23,25-27,30-31H,9-10,13-14,17H2,1-5H3/b16-15+/t18-,19-,21-,22-,23+,25-,26-,27+,28+/m0/s1. The lowest BCUT2D eigenvalue weighted by atomic mass is 9.80. The quantitative estimate of drug-likeness (QED) is 0.472. The molecule has 2 N–H and O–H groups in total. The van der Waals surface area contributed by atoms with E-state index in [9.17, 15) is 15.0 Å². The Morgan fingerprint density at radius 3 is 2.31 bits per heavy atom. The summed E-state index contributed by atoms with van der Waals surface area (Å²) in [6, 6.07) is 9.57. The van der Waals surface area contributed by atoms with Crippen LogP contribution < -0.4 is 0 Å². The number of rotatable bonds is 4. The molecular weight excluding hydrogens is 464 g/mol. The summed E-state index contributed by atoms with van der Waals surface area (Å²) < 4.78 is 28.9. The zero-order valence-corrected chi connectivity index (χ0v) is 22.0. The molecule has 3 rings (SSSR count). The topological polar surface area (TPSA) is 104 Å². The van der Waals surface area contributed by atoms with E-state index in [4.69, 9.17) is 23.7 Å². The predicted octanol–water partition coefficient (Wildman–Crippen LogP) is 3.56. The van der Waals surface area contributed by atoms with Crippen LogP contribution in [0.3, 0.4) is 0 Å². The molecule has 202 valence electrons. The molecule has 0 amide bonds. The molecule has 0 aliphatic carbocycles. The van der Waals surface area contributed by atoms with Gasteiger partial charge in [-0.25, -0.2) is 0 Å². The lowest BCUT2D eigenvalue weighted by Gasteiger charge is -2.49. The van der Waals surface area contributed by atoms with E-state index >= 15 is 0 Å². The highest BCUT2D eigenvalue weighted by atomic mass is 16.7. The minimum Gasteiger partial charge on any atom is -0.457 e. The smallest absolute Gasteiger partial charge is 0.311 e. The van der Waals surface area contributed by atoms with Gasteiger partial charge in [0, 0.05) is 33.2 Å². The van der Waals surface area contributed by atoms with Gasteiger partial charge in [-0.05, 0) is 24.8 Å². The fourth-order valence-electron chi connectivity index (χ4n) is 5.41. The number of carbonyl (C=O) groups excluding carboxylic acids is 1. The lowest BCUT2D eigenvalue weighted by molar-refractivity contribution is -0.345. The third-order valence-electron chi connectivity index (χ3n) is 7.52. The molecule has 2 aliphatic heterocycles. The molecule has 0 radical (unpaired) electrons. The van der Waals surface area contributed by atoms with Crippen molar-refractivity contribution < 1.29 is 38.7 Å². The minimum absolute atomic E-state index is 0.144. The van der Waals surface area contributed by atoms with Gasteiger partial charge in [0.15, 0.2) is 0 Å². The normalized spacial score (nSPS) is 39.8. The first-order valence-corrected chi connectivity index (χ1v) is 12.8. The number of aliphatic hydroxyl groups is 2. The molecule has 1 fully saturated rings. The first-order valence-electron chi connectivity index (χ1n) is 12.8. The summed E-state index contributed by atoms with van der Waals surface area (Å²) >= 11 is 0.